The number of hydrogen-bond acceptors (Lipinski definition) is 7. The summed E-state index contributed by atoms with van der Waals surface area (Å²) in [5, 5.41) is 3.29. The zero-order valence-electron chi connectivity index (χ0n) is 12.7. The summed E-state index contributed by atoms with van der Waals surface area (Å²) in [6, 6.07) is 8.11. The van der Waals surface area contributed by atoms with Crippen LogP contribution in [0.1, 0.15) is 30.0 Å². The van der Waals surface area contributed by atoms with Crippen molar-refractivity contribution < 1.29 is 9.47 Å². The highest BCUT2D eigenvalue weighted by Gasteiger charge is 2.29. The Morgan fingerprint density at radius 3 is 2.78 bits per heavy atom. The van der Waals surface area contributed by atoms with E-state index < -0.39 is 0 Å². The summed E-state index contributed by atoms with van der Waals surface area (Å²) >= 11 is 0. The van der Waals surface area contributed by atoms with Gasteiger partial charge in [0.15, 0.2) is 11.5 Å². The number of nitrogens with zero attached hydrogens (tertiary/aromatic N) is 2. The maximum Gasteiger partial charge on any atom is 0.231 e. The molecule has 1 aliphatic heterocycles. The highest BCUT2D eigenvalue weighted by Crippen LogP contribution is 2.36. The lowest BCUT2D eigenvalue weighted by atomic mass is 9.78. The smallest absolute Gasteiger partial charge is 0.231 e. The van der Waals surface area contributed by atoms with Gasteiger partial charge in [0, 0.05) is 24.6 Å². The van der Waals surface area contributed by atoms with Crippen LogP contribution in [0.4, 0.5) is 11.8 Å². The van der Waals surface area contributed by atoms with Gasteiger partial charge in [-0.25, -0.2) is 4.98 Å². The van der Waals surface area contributed by atoms with Crippen LogP contribution >= 0.6 is 0 Å². The zero-order valence-corrected chi connectivity index (χ0v) is 12.7. The molecule has 2 aliphatic rings. The number of ether oxygens (including phenoxy) is 2. The van der Waals surface area contributed by atoms with Crippen LogP contribution in [0.3, 0.4) is 0 Å². The van der Waals surface area contributed by atoms with Crippen molar-refractivity contribution in [2.24, 2.45) is 5.73 Å². The maximum atomic E-state index is 5.85. The predicted molar refractivity (Wildman–Crippen MR) is 86.3 cm³/mol. The molecule has 2 heterocycles. The van der Waals surface area contributed by atoms with Crippen molar-refractivity contribution in [1.82, 2.24) is 9.97 Å². The van der Waals surface area contributed by atoms with E-state index in [4.69, 9.17) is 20.9 Å². The van der Waals surface area contributed by atoms with Gasteiger partial charge in [-0.15, -0.1) is 0 Å². The van der Waals surface area contributed by atoms with Crippen LogP contribution in [-0.2, 0) is 6.54 Å². The van der Waals surface area contributed by atoms with Gasteiger partial charge in [0.25, 0.3) is 0 Å². The van der Waals surface area contributed by atoms with Crippen molar-refractivity contribution in [3.05, 3.63) is 35.5 Å². The first kappa shape index (κ1) is 14.1. The number of fused-ring (bicyclic) bond motifs is 1. The minimum absolute atomic E-state index is 0.279. The van der Waals surface area contributed by atoms with Crippen molar-refractivity contribution in [3.8, 4) is 11.5 Å². The first-order valence-corrected chi connectivity index (χ1v) is 7.70. The summed E-state index contributed by atoms with van der Waals surface area (Å²) in [4.78, 5) is 8.58. The second-order valence-electron chi connectivity index (χ2n) is 6.01. The molecule has 1 aliphatic carbocycles. The molecule has 0 radical (unpaired) electrons. The third-order valence-electron chi connectivity index (χ3n) is 4.27. The van der Waals surface area contributed by atoms with Gasteiger partial charge in [-0.2, -0.15) is 4.98 Å². The predicted octanol–water partition coefficient (Wildman–Crippen LogP) is 1.60. The normalized spacial score (nSPS) is 21.8. The molecule has 2 aromatic rings. The monoisotopic (exact) mass is 313 g/mol. The van der Waals surface area contributed by atoms with Gasteiger partial charge in [-0.1, -0.05) is 6.07 Å². The van der Waals surface area contributed by atoms with Crippen LogP contribution in [0.2, 0.25) is 0 Å². The molecule has 1 aromatic heterocycles. The molecule has 0 saturated heterocycles. The fraction of sp³-hybridized carbons (Fsp3) is 0.375. The van der Waals surface area contributed by atoms with E-state index in [0.29, 0.717) is 12.5 Å². The van der Waals surface area contributed by atoms with E-state index in [2.05, 4.69) is 15.3 Å². The topological polar surface area (TPSA) is 108 Å². The van der Waals surface area contributed by atoms with Crippen molar-refractivity contribution >= 4 is 11.8 Å². The number of nitrogens with two attached hydrogens (primary N) is 2. The molecule has 7 nitrogen and oxygen atoms in total. The van der Waals surface area contributed by atoms with E-state index in [9.17, 15) is 0 Å². The largest absolute Gasteiger partial charge is 0.454 e. The lowest BCUT2D eigenvalue weighted by molar-refractivity contribution is 0.174. The molecule has 0 spiro atoms. The molecule has 0 amide bonds. The average molecular weight is 313 g/mol. The molecule has 120 valence electrons. The lowest BCUT2D eigenvalue weighted by Gasteiger charge is -2.32. The summed E-state index contributed by atoms with van der Waals surface area (Å²) in [5.41, 5.74) is 13.7. The first-order valence-electron chi connectivity index (χ1n) is 7.70. The van der Waals surface area contributed by atoms with Gasteiger partial charge < -0.3 is 26.3 Å². The molecular weight excluding hydrogens is 294 g/mol. The third-order valence-corrected chi connectivity index (χ3v) is 4.27. The Bertz CT molecular complexity index is 730. The van der Waals surface area contributed by atoms with E-state index in [1.54, 1.807) is 0 Å². The van der Waals surface area contributed by atoms with Crippen LogP contribution in [0, 0.1) is 0 Å². The fourth-order valence-corrected chi connectivity index (χ4v) is 2.93. The number of aromatic nitrogens is 2. The minimum Gasteiger partial charge on any atom is -0.454 e. The van der Waals surface area contributed by atoms with E-state index in [1.165, 1.54) is 0 Å². The zero-order chi connectivity index (χ0) is 15.8. The average Bonchev–Trinajstić information content (AvgIpc) is 2.97. The number of benzene rings is 1. The van der Waals surface area contributed by atoms with Gasteiger partial charge in [0.1, 0.15) is 5.82 Å². The molecule has 5 N–H and O–H groups in total. The Hall–Kier alpha value is -2.54. The van der Waals surface area contributed by atoms with Crippen LogP contribution in [-0.4, -0.2) is 22.8 Å². The molecule has 1 saturated carbocycles. The SMILES string of the molecule is Nc1nc(NCc2ccc3c(c2)OCO3)cc(C2CC(N)C2)n1. The van der Waals surface area contributed by atoms with Crippen LogP contribution in [0.25, 0.3) is 0 Å². The molecule has 1 fully saturated rings. The summed E-state index contributed by atoms with van der Waals surface area (Å²) in [5.74, 6) is 2.96. The lowest BCUT2D eigenvalue weighted by Crippen LogP contribution is -2.35. The van der Waals surface area contributed by atoms with Gasteiger partial charge >= 0.3 is 0 Å². The Labute approximate surface area is 134 Å². The molecule has 1 aromatic carbocycles. The van der Waals surface area contributed by atoms with E-state index in [-0.39, 0.29) is 18.8 Å². The first-order chi connectivity index (χ1) is 11.2. The van der Waals surface area contributed by atoms with Crippen molar-refractivity contribution in [2.45, 2.75) is 31.3 Å². The summed E-state index contributed by atoms with van der Waals surface area (Å²) in [6.07, 6.45) is 1.91. The van der Waals surface area contributed by atoms with Crippen LogP contribution in [0.15, 0.2) is 24.3 Å². The second kappa shape index (κ2) is 5.58. The van der Waals surface area contributed by atoms with Crippen LogP contribution in [0.5, 0.6) is 11.5 Å². The number of rotatable bonds is 4. The third kappa shape index (κ3) is 2.87. The summed E-state index contributed by atoms with van der Waals surface area (Å²) in [6.45, 7) is 0.901. The molecule has 0 atom stereocenters. The maximum absolute atomic E-state index is 5.85. The van der Waals surface area contributed by atoms with Crippen LogP contribution < -0.4 is 26.3 Å². The minimum atomic E-state index is 0.279. The molecule has 0 unspecified atom stereocenters. The van der Waals surface area contributed by atoms with E-state index >= 15 is 0 Å². The highest BCUT2D eigenvalue weighted by molar-refractivity contribution is 5.47. The molecular formula is C16H19N5O2. The van der Waals surface area contributed by atoms with Crippen molar-refractivity contribution in [1.29, 1.82) is 0 Å². The van der Waals surface area contributed by atoms with E-state index in [1.807, 2.05) is 24.3 Å². The Balaban J connectivity index is 1.46. The Morgan fingerprint density at radius 2 is 1.96 bits per heavy atom. The Morgan fingerprint density at radius 1 is 1.13 bits per heavy atom. The van der Waals surface area contributed by atoms with Gasteiger partial charge in [0.2, 0.25) is 12.7 Å². The standard InChI is InChI=1S/C16H19N5O2/c17-11-4-10(5-11)12-6-15(21-16(18)20-12)19-7-9-1-2-13-14(3-9)23-8-22-13/h1-3,6,10-11H,4-5,7-8,17H2,(H3,18,19,20,21). The highest BCUT2D eigenvalue weighted by atomic mass is 16.7. The van der Waals surface area contributed by atoms with Gasteiger partial charge in [-0.3, -0.25) is 0 Å². The fourth-order valence-electron chi connectivity index (χ4n) is 2.93. The van der Waals surface area contributed by atoms with Gasteiger partial charge in [-0.05, 0) is 30.5 Å². The second-order valence-corrected chi connectivity index (χ2v) is 6.01. The van der Waals surface area contributed by atoms with Crippen molar-refractivity contribution in [3.63, 3.8) is 0 Å². The molecule has 23 heavy (non-hydrogen) atoms. The molecule has 0 bridgehead atoms. The van der Waals surface area contributed by atoms with Crippen molar-refractivity contribution in [2.75, 3.05) is 17.8 Å². The molecule has 7 heteroatoms. The quantitative estimate of drug-likeness (QED) is 0.786. The summed E-state index contributed by atoms with van der Waals surface area (Å²) in [7, 11) is 0. The number of nitrogen functional groups attached to an aromatic ring is 1. The van der Waals surface area contributed by atoms with Gasteiger partial charge in [0.05, 0.1) is 5.69 Å². The number of nitrogens with one attached hydrogen (secondary N) is 1. The van der Waals surface area contributed by atoms with E-state index in [0.717, 1.165) is 41.4 Å². The summed E-state index contributed by atoms with van der Waals surface area (Å²) < 4.78 is 10.7. The molecule has 4 rings (SSSR count). The number of anilines is 2. The Kier molecular flexibility index (Phi) is 3.42. The number of hydrogen-bond donors (Lipinski definition) is 3.